The van der Waals surface area contributed by atoms with Crippen LogP contribution in [0.3, 0.4) is 0 Å². The standard InChI is InChI=1S/C13H26N2O2S/c1-10(6-11(2)16)7-14-13(17)8-15(3)12-4-5-18-9-12/h10-12,16H,4-9H2,1-3H3,(H,14,17). The van der Waals surface area contributed by atoms with Crippen LogP contribution in [-0.2, 0) is 4.79 Å². The van der Waals surface area contributed by atoms with Gasteiger partial charge in [0.25, 0.3) is 0 Å². The molecule has 3 atom stereocenters. The summed E-state index contributed by atoms with van der Waals surface area (Å²) in [6.07, 6.45) is 1.62. The number of hydrogen-bond donors (Lipinski definition) is 2. The number of nitrogens with zero attached hydrogens (tertiary/aromatic N) is 1. The van der Waals surface area contributed by atoms with Gasteiger partial charge in [0.05, 0.1) is 12.6 Å². The second-order valence-electron chi connectivity index (χ2n) is 5.43. The molecule has 0 saturated carbocycles. The molecule has 0 aliphatic carbocycles. The minimum Gasteiger partial charge on any atom is -0.393 e. The fraction of sp³-hybridized carbons (Fsp3) is 0.923. The molecule has 0 radical (unpaired) electrons. The summed E-state index contributed by atoms with van der Waals surface area (Å²) in [6.45, 7) is 4.96. The van der Waals surface area contributed by atoms with E-state index in [9.17, 15) is 9.90 Å². The van der Waals surface area contributed by atoms with Gasteiger partial charge in [-0.3, -0.25) is 9.69 Å². The van der Waals surface area contributed by atoms with Crippen molar-refractivity contribution < 1.29 is 9.90 Å². The molecule has 1 heterocycles. The molecule has 0 aromatic carbocycles. The summed E-state index contributed by atoms with van der Waals surface area (Å²) in [5, 5.41) is 12.2. The number of aliphatic hydroxyl groups excluding tert-OH is 1. The first-order chi connectivity index (χ1) is 8.49. The molecule has 0 aromatic heterocycles. The normalized spacial score (nSPS) is 23.1. The fourth-order valence-electron chi connectivity index (χ4n) is 2.23. The van der Waals surface area contributed by atoms with Crippen molar-refractivity contribution in [3.8, 4) is 0 Å². The molecular formula is C13H26N2O2S. The summed E-state index contributed by atoms with van der Waals surface area (Å²) >= 11 is 1.96. The smallest absolute Gasteiger partial charge is 0.234 e. The van der Waals surface area contributed by atoms with Gasteiger partial charge in [-0.05, 0) is 38.5 Å². The monoisotopic (exact) mass is 274 g/mol. The lowest BCUT2D eigenvalue weighted by molar-refractivity contribution is -0.122. The fourth-order valence-corrected chi connectivity index (χ4v) is 3.53. The van der Waals surface area contributed by atoms with Crippen molar-refractivity contribution in [3.63, 3.8) is 0 Å². The average Bonchev–Trinajstić information content (AvgIpc) is 2.78. The van der Waals surface area contributed by atoms with Crippen molar-refractivity contribution in [3.05, 3.63) is 0 Å². The second-order valence-corrected chi connectivity index (χ2v) is 6.58. The third kappa shape index (κ3) is 6.07. The number of rotatable bonds is 7. The molecule has 106 valence electrons. The molecule has 2 N–H and O–H groups in total. The highest BCUT2D eigenvalue weighted by Gasteiger charge is 2.21. The van der Waals surface area contributed by atoms with E-state index in [1.807, 2.05) is 25.7 Å². The van der Waals surface area contributed by atoms with Crippen LogP contribution in [0.25, 0.3) is 0 Å². The van der Waals surface area contributed by atoms with Gasteiger partial charge in [-0.1, -0.05) is 6.92 Å². The Morgan fingerprint density at radius 1 is 1.56 bits per heavy atom. The van der Waals surface area contributed by atoms with Crippen LogP contribution < -0.4 is 5.32 Å². The first kappa shape index (κ1) is 15.8. The zero-order chi connectivity index (χ0) is 13.5. The van der Waals surface area contributed by atoms with Crippen LogP contribution >= 0.6 is 11.8 Å². The van der Waals surface area contributed by atoms with Crippen molar-refractivity contribution >= 4 is 17.7 Å². The van der Waals surface area contributed by atoms with Gasteiger partial charge in [-0.15, -0.1) is 0 Å². The highest BCUT2D eigenvalue weighted by atomic mass is 32.2. The lowest BCUT2D eigenvalue weighted by atomic mass is 10.0. The van der Waals surface area contributed by atoms with Gasteiger partial charge in [0.1, 0.15) is 0 Å². The van der Waals surface area contributed by atoms with Crippen LogP contribution in [-0.4, -0.2) is 59.7 Å². The first-order valence-corrected chi connectivity index (χ1v) is 7.87. The van der Waals surface area contributed by atoms with Gasteiger partial charge in [0, 0.05) is 18.3 Å². The van der Waals surface area contributed by atoms with E-state index >= 15 is 0 Å². The minimum absolute atomic E-state index is 0.0897. The lowest BCUT2D eigenvalue weighted by Gasteiger charge is -2.23. The summed E-state index contributed by atoms with van der Waals surface area (Å²) in [7, 11) is 2.02. The number of thioether (sulfide) groups is 1. The van der Waals surface area contributed by atoms with Gasteiger partial charge in [0.15, 0.2) is 0 Å². The maximum atomic E-state index is 11.8. The molecule has 1 aliphatic rings. The Morgan fingerprint density at radius 2 is 2.28 bits per heavy atom. The molecule has 1 aliphatic heterocycles. The number of amides is 1. The molecule has 0 bridgehead atoms. The molecule has 1 fully saturated rings. The molecule has 18 heavy (non-hydrogen) atoms. The van der Waals surface area contributed by atoms with Crippen molar-refractivity contribution in [1.29, 1.82) is 0 Å². The highest BCUT2D eigenvalue weighted by molar-refractivity contribution is 7.99. The number of aliphatic hydroxyl groups is 1. The number of likely N-dealkylation sites (N-methyl/N-ethyl adjacent to an activating group) is 1. The maximum Gasteiger partial charge on any atom is 0.234 e. The summed E-state index contributed by atoms with van der Waals surface area (Å²) in [5.74, 6) is 2.76. The number of nitrogens with one attached hydrogen (secondary N) is 1. The third-order valence-electron chi connectivity index (χ3n) is 3.31. The zero-order valence-corrected chi connectivity index (χ0v) is 12.5. The maximum absolute atomic E-state index is 11.8. The Labute approximate surface area is 115 Å². The van der Waals surface area contributed by atoms with E-state index < -0.39 is 0 Å². The Morgan fingerprint density at radius 3 is 2.83 bits per heavy atom. The van der Waals surface area contributed by atoms with E-state index in [1.54, 1.807) is 6.92 Å². The summed E-state index contributed by atoms with van der Waals surface area (Å²) < 4.78 is 0. The Balaban J connectivity index is 2.16. The largest absolute Gasteiger partial charge is 0.393 e. The van der Waals surface area contributed by atoms with Crippen LogP contribution in [0.4, 0.5) is 0 Å². The average molecular weight is 274 g/mol. The molecule has 1 amide bonds. The van der Waals surface area contributed by atoms with Crippen LogP contribution in [0.15, 0.2) is 0 Å². The molecular weight excluding hydrogens is 248 g/mol. The van der Waals surface area contributed by atoms with Crippen LogP contribution in [0.2, 0.25) is 0 Å². The molecule has 0 spiro atoms. The van der Waals surface area contributed by atoms with Gasteiger partial charge in [-0.2, -0.15) is 11.8 Å². The Bertz CT molecular complexity index is 255. The van der Waals surface area contributed by atoms with Crippen LogP contribution in [0.1, 0.15) is 26.7 Å². The van der Waals surface area contributed by atoms with Crippen molar-refractivity contribution in [2.24, 2.45) is 5.92 Å². The molecule has 1 rings (SSSR count). The first-order valence-electron chi connectivity index (χ1n) is 6.71. The van der Waals surface area contributed by atoms with Crippen molar-refractivity contribution in [1.82, 2.24) is 10.2 Å². The summed E-state index contributed by atoms with van der Waals surface area (Å²) in [5.41, 5.74) is 0. The quantitative estimate of drug-likeness (QED) is 0.726. The van der Waals surface area contributed by atoms with Crippen LogP contribution in [0.5, 0.6) is 0 Å². The van der Waals surface area contributed by atoms with Crippen molar-refractivity contribution in [2.75, 3.05) is 31.6 Å². The molecule has 1 saturated heterocycles. The van der Waals surface area contributed by atoms with Gasteiger partial charge in [0.2, 0.25) is 5.91 Å². The number of hydrogen-bond acceptors (Lipinski definition) is 4. The van der Waals surface area contributed by atoms with E-state index in [2.05, 4.69) is 10.2 Å². The Kier molecular flexibility index (Phi) is 7.04. The van der Waals surface area contributed by atoms with Gasteiger partial charge < -0.3 is 10.4 Å². The number of carbonyl (C=O) groups is 1. The van der Waals surface area contributed by atoms with Crippen molar-refractivity contribution in [2.45, 2.75) is 38.8 Å². The Hall–Kier alpha value is -0.260. The topological polar surface area (TPSA) is 52.6 Å². The number of carbonyl (C=O) groups excluding carboxylic acids is 1. The van der Waals surface area contributed by atoms with E-state index in [0.29, 0.717) is 25.0 Å². The van der Waals surface area contributed by atoms with Crippen LogP contribution in [0, 0.1) is 5.92 Å². The molecule has 3 unspecified atom stereocenters. The van der Waals surface area contributed by atoms with E-state index in [-0.39, 0.29) is 12.0 Å². The minimum atomic E-state index is -0.296. The molecule has 0 aromatic rings. The summed E-state index contributed by atoms with van der Waals surface area (Å²) in [6, 6.07) is 0.552. The summed E-state index contributed by atoms with van der Waals surface area (Å²) in [4.78, 5) is 13.9. The zero-order valence-electron chi connectivity index (χ0n) is 11.7. The molecule has 4 nitrogen and oxygen atoms in total. The highest BCUT2D eigenvalue weighted by Crippen LogP contribution is 2.20. The van der Waals surface area contributed by atoms with E-state index in [0.717, 1.165) is 12.2 Å². The van der Waals surface area contributed by atoms with Gasteiger partial charge >= 0.3 is 0 Å². The predicted molar refractivity (Wildman–Crippen MR) is 76.8 cm³/mol. The second kappa shape index (κ2) is 8.02. The van der Waals surface area contributed by atoms with Gasteiger partial charge in [-0.25, -0.2) is 0 Å². The predicted octanol–water partition coefficient (Wildman–Crippen LogP) is 0.947. The van der Waals surface area contributed by atoms with E-state index in [1.165, 1.54) is 12.2 Å². The third-order valence-corrected chi connectivity index (χ3v) is 4.46. The van der Waals surface area contributed by atoms with E-state index in [4.69, 9.17) is 0 Å². The molecule has 5 heteroatoms. The SMILES string of the molecule is CC(O)CC(C)CNC(=O)CN(C)C1CCSC1. The lowest BCUT2D eigenvalue weighted by Crippen LogP contribution is -2.41.